The van der Waals surface area contributed by atoms with Crippen molar-refractivity contribution in [2.75, 3.05) is 6.54 Å². The van der Waals surface area contributed by atoms with E-state index < -0.39 is 0 Å². The lowest BCUT2D eigenvalue weighted by molar-refractivity contribution is -0.120. The van der Waals surface area contributed by atoms with Gasteiger partial charge >= 0.3 is 0 Å². The van der Waals surface area contributed by atoms with Crippen LogP contribution in [0.25, 0.3) is 11.4 Å². The summed E-state index contributed by atoms with van der Waals surface area (Å²) >= 11 is 1.40. The van der Waals surface area contributed by atoms with Gasteiger partial charge in [-0.15, -0.1) is 16.8 Å². The zero-order valence-electron chi connectivity index (χ0n) is 12.7. The molecule has 6 nitrogen and oxygen atoms in total. The quantitative estimate of drug-likeness (QED) is 0.626. The number of carbonyl (C=O) groups excluding carboxylic acids is 1. The van der Waals surface area contributed by atoms with Crippen LogP contribution >= 0.6 is 11.8 Å². The monoisotopic (exact) mass is 317 g/mol. The number of hydrogen-bond acceptors (Lipinski definition) is 5. The summed E-state index contributed by atoms with van der Waals surface area (Å²) in [4.78, 5) is 15.9. The fourth-order valence-corrected chi connectivity index (χ4v) is 2.84. The number of amides is 1. The Morgan fingerprint density at radius 1 is 1.45 bits per heavy atom. The molecule has 1 atom stereocenters. The van der Waals surface area contributed by atoms with Crippen LogP contribution in [0.3, 0.4) is 0 Å². The Labute approximate surface area is 134 Å². The van der Waals surface area contributed by atoms with Gasteiger partial charge < -0.3 is 9.88 Å². The summed E-state index contributed by atoms with van der Waals surface area (Å²) in [5.74, 6) is 0.743. The predicted octanol–water partition coefficient (Wildman–Crippen LogP) is 2.14. The van der Waals surface area contributed by atoms with Crippen molar-refractivity contribution in [3.63, 3.8) is 0 Å². The van der Waals surface area contributed by atoms with Crippen LogP contribution in [0.15, 0.2) is 42.3 Å². The van der Waals surface area contributed by atoms with E-state index in [1.54, 1.807) is 18.5 Å². The van der Waals surface area contributed by atoms with Crippen LogP contribution in [-0.2, 0) is 11.3 Å². The first-order valence-electron chi connectivity index (χ1n) is 7.06. The highest BCUT2D eigenvalue weighted by Gasteiger charge is 2.19. The van der Waals surface area contributed by atoms with Crippen LogP contribution in [0.2, 0.25) is 0 Å². The summed E-state index contributed by atoms with van der Waals surface area (Å²) < 4.78 is 2.00. The topological polar surface area (TPSA) is 72.7 Å². The third-order valence-electron chi connectivity index (χ3n) is 3.04. The maximum atomic E-state index is 11.9. The van der Waals surface area contributed by atoms with Gasteiger partial charge in [-0.3, -0.25) is 9.78 Å². The lowest BCUT2D eigenvalue weighted by Gasteiger charge is -2.11. The molecule has 1 N–H and O–H groups in total. The molecule has 0 aromatic carbocycles. The fraction of sp³-hybridized carbons (Fsp3) is 0.333. The Balaban J connectivity index is 2.17. The number of hydrogen-bond donors (Lipinski definition) is 1. The van der Waals surface area contributed by atoms with Gasteiger partial charge in [0.15, 0.2) is 11.0 Å². The van der Waals surface area contributed by atoms with Crippen molar-refractivity contribution in [2.24, 2.45) is 0 Å². The predicted molar refractivity (Wildman–Crippen MR) is 87.5 cm³/mol. The number of nitrogens with zero attached hydrogens (tertiary/aromatic N) is 4. The number of aromatic nitrogens is 4. The molecule has 2 rings (SSSR count). The summed E-state index contributed by atoms with van der Waals surface area (Å²) in [5.41, 5.74) is 0.958. The molecular weight excluding hydrogens is 298 g/mol. The van der Waals surface area contributed by atoms with Crippen molar-refractivity contribution in [1.82, 2.24) is 25.1 Å². The molecule has 2 heterocycles. The average molecular weight is 317 g/mol. The molecule has 1 amide bonds. The average Bonchev–Trinajstić information content (AvgIpc) is 2.95. The number of pyridine rings is 1. The Morgan fingerprint density at radius 2 is 2.18 bits per heavy atom. The van der Waals surface area contributed by atoms with Crippen LogP contribution in [0.5, 0.6) is 0 Å². The normalized spacial score (nSPS) is 11.9. The third-order valence-corrected chi connectivity index (χ3v) is 4.12. The van der Waals surface area contributed by atoms with Crippen molar-refractivity contribution in [1.29, 1.82) is 0 Å². The Hall–Kier alpha value is -2.15. The molecule has 2 aromatic rings. The van der Waals surface area contributed by atoms with E-state index in [2.05, 4.69) is 27.1 Å². The van der Waals surface area contributed by atoms with Gasteiger partial charge in [-0.05, 0) is 26.0 Å². The number of thioether (sulfide) groups is 1. The molecule has 0 saturated heterocycles. The Kier molecular flexibility index (Phi) is 5.71. The summed E-state index contributed by atoms with van der Waals surface area (Å²) in [7, 11) is 0. The minimum Gasteiger partial charge on any atom is -0.352 e. The molecule has 116 valence electrons. The van der Waals surface area contributed by atoms with Crippen LogP contribution in [0.1, 0.15) is 13.8 Å². The van der Waals surface area contributed by atoms with E-state index in [1.807, 2.05) is 30.5 Å². The number of carbonyl (C=O) groups is 1. The highest BCUT2D eigenvalue weighted by molar-refractivity contribution is 8.00. The van der Waals surface area contributed by atoms with Crippen LogP contribution in [0, 0.1) is 0 Å². The van der Waals surface area contributed by atoms with Crippen molar-refractivity contribution < 1.29 is 4.79 Å². The highest BCUT2D eigenvalue weighted by atomic mass is 32.2. The smallest absolute Gasteiger partial charge is 0.233 e. The van der Waals surface area contributed by atoms with E-state index in [4.69, 9.17) is 0 Å². The summed E-state index contributed by atoms with van der Waals surface area (Å²) in [6.45, 7) is 8.66. The second-order valence-electron chi connectivity index (χ2n) is 4.58. The Bertz CT molecular complexity index is 641. The van der Waals surface area contributed by atoms with Gasteiger partial charge in [0, 0.05) is 31.0 Å². The van der Waals surface area contributed by atoms with Crippen LogP contribution < -0.4 is 5.32 Å². The highest BCUT2D eigenvalue weighted by Crippen LogP contribution is 2.26. The summed E-state index contributed by atoms with van der Waals surface area (Å²) in [6, 6.07) is 3.79. The zero-order chi connectivity index (χ0) is 15.9. The standard InChI is InChI=1S/C15H19N5OS/c1-4-8-17-14(21)11(3)22-15-19-18-13(20(15)5-2)12-6-9-16-10-7-12/h4,6-7,9-11H,1,5,8H2,2-3H3,(H,17,21)/t11-/m0/s1. The third kappa shape index (κ3) is 3.73. The van der Waals surface area contributed by atoms with Gasteiger partial charge in [-0.1, -0.05) is 17.8 Å². The lowest BCUT2D eigenvalue weighted by Crippen LogP contribution is -2.31. The molecule has 0 aliphatic carbocycles. The molecule has 7 heteroatoms. The fourth-order valence-electron chi connectivity index (χ4n) is 1.90. The van der Waals surface area contributed by atoms with Gasteiger partial charge in [-0.2, -0.15) is 0 Å². The van der Waals surface area contributed by atoms with Gasteiger partial charge in [0.1, 0.15) is 0 Å². The Morgan fingerprint density at radius 3 is 2.82 bits per heavy atom. The molecule has 0 saturated carbocycles. The maximum Gasteiger partial charge on any atom is 0.233 e. The number of rotatable bonds is 7. The molecule has 22 heavy (non-hydrogen) atoms. The molecule has 0 unspecified atom stereocenters. The van der Waals surface area contributed by atoms with E-state index in [0.29, 0.717) is 6.54 Å². The molecule has 0 fully saturated rings. The minimum absolute atomic E-state index is 0.0407. The molecule has 0 bridgehead atoms. The second kappa shape index (κ2) is 7.74. The van der Waals surface area contributed by atoms with Crippen LogP contribution in [-0.4, -0.2) is 37.5 Å². The second-order valence-corrected chi connectivity index (χ2v) is 5.89. The summed E-state index contributed by atoms with van der Waals surface area (Å²) in [5, 5.41) is 11.7. The molecule has 2 aromatic heterocycles. The van der Waals surface area contributed by atoms with Gasteiger partial charge in [0.25, 0.3) is 0 Å². The van der Waals surface area contributed by atoms with Crippen molar-refractivity contribution in [3.8, 4) is 11.4 Å². The van der Waals surface area contributed by atoms with Gasteiger partial charge in [0.2, 0.25) is 5.91 Å². The van der Waals surface area contributed by atoms with E-state index in [9.17, 15) is 4.79 Å². The minimum atomic E-state index is -0.250. The maximum absolute atomic E-state index is 11.9. The number of nitrogens with one attached hydrogen (secondary N) is 1. The van der Waals surface area contributed by atoms with E-state index in [-0.39, 0.29) is 11.2 Å². The molecule has 0 spiro atoms. The van der Waals surface area contributed by atoms with Crippen molar-refractivity contribution >= 4 is 17.7 Å². The largest absolute Gasteiger partial charge is 0.352 e. The first kappa shape index (κ1) is 16.2. The van der Waals surface area contributed by atoms with Crippen LogP contribution in [0.4, 0.5) is 0 Å². The SMILES string of the molecule is C=CCNC(=O)[C@H](C)Sc1nnc(-c2ccncc2)n1CC. The van der Waals surface area contributed by atoms with Crippen molar-refractivity contribution in [2.45, 2.75) is 30.8 Å². The summed E-state index contributed by atoms with van der Waals surface area (Å²) in [6.07, 6.45) is 5.11. The van der Waals surface area contributed by atoms with Crippen molar-refractivity contribution in [3.05, 3.63) is 37.2 Å². The molecule has 0 aliphatic rings. The van der Waals surface area contributed by atoms with E-state index in [1.165, 1.54) is 11.8 Å². The van der Waals surface area contributed by atoms with Gasteiger partial charge in [-0.25, -0.2) is 0 Å². The van der Waals surface area contributed by atoms with Gasteiger partial charge in [0.05, 0.1) is 5.25 Å². The molecule has 0 radical (unpaired) electrons. The molecule has 0 aliphatic heterocycles. The first-order valence-corrected chi connectivity index (χ1v) is 7.94. The molecular formula is C15H19N5OS. The lowest BCUT2D eigenvalue weighted by atomic mass is 10.2. The van der Waals surface area contributed by atoms with E-state index in [0.717, 1.165) is 23.1 Å². The zero-order valence-corrected chi connectivity index (χ0v) is 13.5. The van der Waals surface area contributed by atoms with E-state index >= 15 is 0 Å². The first-order chi connectivity index (χ1) is 10.7.